The fourth-order valence-corrected chi connectivity index (χ4v) is 6.07. The lowest BCUT2D eigenvalue weighted by molar-refractivity contribution is -0.147. The lowest BCUT2D eigenvalue weighted by atomic mass is 10.1. The van der Waals surface area contributed by atoms with Gasteiger partial charge in [0.2, 0.25) is 5.91 Å². The van der Waals surface area contributed by atoms with Crippen LogP contribution in [0.3, 0.4) is 0 Å². The number of rotatable bonds is 39. The summed E-state index contributed by atoms with van der Waals surface area (Å²) >= 11 is 0. The summed E-state index contributed by atoms with van der Waals surface area (Å²) in [5.74, 6) is -0.570. The van der Waals surface area contributed by atoms with Crippen molar-refractivity contribution in [2.24, 2.45) is 0 Å². The molecule has 3 N–H and O–H groups in total. The van der Waals surface area contributed by atoms with E-state index in [0.717, 1.165) is 96.3 Å². The zero-order valence-corrected chi connectivity index (χ0v) is 35.9. The molecule has 0 rings (SSSR count). The van der Waals surface area contributed by atoms with Crippen molar-refractivity contribution in [1.82, 2.24) is 5.32 Å². The summed E-state index contributed by atoms with van der Waals surface area (Å²) in [4.78, 5) is 33.9. The number of allylic oxidation sites excluding steroid dienone is 14. The zero-order chi connectivity index (χ0) is 41.1. The van der Waals surface area contributed by atoms with E-state index in [1.54, 1.807) is 0 Å². The molecule has 0 spiro atoms. The van der Waals surface area contributed by atoms with Crippen LogP contribution in [-0.2, 0) is 27.9 Å². The molecule has 0 bridgehead atoms. The topological polar surface area (TPSA) is 131 Å². The fourth-order valence-electron chi connectivity index (χ4n) is 5.32. The molecule has 56 heavy (non-hydrogen) atoms. The Labute approximate surface area is 341 Å². The van der Waals surface area contributed by atoms with Crippen LogP contribution in [0.4, 0.5) is 0 Å². The lowest BCUT2D eigenvalue weighted by Crippen LogP contribution is -2.27. The molecule has 9 nitrogen and oxygen atoms in total. The second kappa shape index (κ2) is 41.8. The molecule has 0 fully saturated rings. The van der Waals surface area contributed by atoms with Crippen molar-refractivity contribution in [3.8, 4) is 0 Å². The molecule has 0 aliphatic rings. The second-order valence-corrected chi connectivity index (χ2v) is 15.4. The Morgan fingerprint density at radius 1 is 0.571 bits per heavy atom. The first-order valence-electron chi connectivity index (χ1n) is 21.6. The van der Waals surface area contributed by atoms with E-state index >= 15 is 0 Å². The first-order valence-corrected chi connectivity index (χ1v) is 23.1. The largest absolute Gasteiger partial charge is 0.472 e. The molecule has 10 heteroatoms. The van der Waals surface area contributed by atoms with Crippen molar-refractivity contribution in [2.75, 3.05) is 26.4 Å². The number of carbonyl (C=O) groups excluding carboxylic acids is 2. The van der Waals surface area contributed by atoms with Gasteiger partial charge in [0.1, 0.15) is 12.7 Å². The van der Waals surface area contributed by atoms with Crippen molar-refractivity contribution >= 4 is 19.7 Å². The van der Waals surface area contributed by atoms with Crippen LogP contribution in [0.2, 0.25) is 0 Å². The van der Waals surface area contributed by atoms with Crippen LogP contribution in [-0.4, -0.2) is 54.3 Å². The molecule has 1 amide bonds. The van der Waals surface area contributed by atoms with E-state index in [1.807, 2.05) is 0 Å². The van der Waals surface area contributed by atoms with Crippen LogP contribution in [0, 0.1) is 0 Å². The number of carbonyl (C=O) groups is 2. The van der Waals surface area contributed by atoms with Crippen LogP contribution in [0.15, 0.2) is 85.1 Å². The molecule has 0 saturated carbocycles. The number of amides is 1. The molecular weight excluding hydrogens is 725 g/mol. The fraction of sp³-hybridized carbons (Fsp3) is 0.652. The Morgan fingerprint density at radius 2 is 1.02 bits per heavy atom. The lowest BCUT2D eigenvalue weighted by Gasteiger charge is -2.15. The Balaban J connectivity index is 3.71. The Bertz CT molecular complexity index is 1190. The van der Waals surface area contributed by atoms with E-state index in [4.69, 9.17) is 13.8 Å². The maximum absolute atomic E-state index is 12.1. The van der Waals surface area contributed by atoms with Crippen molar-refractivity contribution in [1.29, 1.82) is 0 Å². The second-order valence-electron chi connectivity index (χ2n) is 13.9. The number of unbranched alkanes of at least 4 members (excludes halogenated alkanes) is 12. The summed E-state index contributed by atoms with van der Waals surface area (Å²) in [6, 6.07) is 0. The summed E-state index contributed by atoms with van der Waals surface area (Å²) in [7, 11) is -4.43. The Kier molecular flexibility index (Phi) is 39.7. The van der Waals surface area contributed by atoms with Crippen LogP contribution >= 0.6 is 7.82 Å². The molecule has 0 aromatic rings. The molecule has 0 aliphatic heterocycles. The smallest absolute Gasteiger partial charge is 0.463 e. The van der Waals surface area contributed by atoms with E-state index in [1.165, 1.54) is 32.1 Å². The Morgan fingerprint density at radius 3 is 1.55 bits per heavy atom. The predicted octanol–water partition coefficient (Wildman–Crippen LogP) is 12.0. The number of nitrogens with one attached hydrogen (secondary N) is 1. The molecule has 0 aliphatic carbocycles. The highest BCUT2D eigenvalue weighted by molar-refractivity contribution is 7.47. The maximum atomic E-state index is 12.1. The maximum Gasteiger partial charge on any atom is 0.472 e. The quantitative estimate of drug-likeness (QED) is 0.0242. The predicted molar refractivity (Wildman–Crippen MR) is 233 cm³/mol. The zero-order valence-electron chi connectivity index (χ0n) is 35.0. The van der Waals surface area contributed by atoms with Crippen LogP contribution in [0.5, 0.6) is 0 Å². The summed E-state index contributed by atoms with van der Waals surface area (Å²) in [6.45, 7) is 3.35. The van der Waals surface area contributed by atoms with E-state index in [0.29, 0.717) is 12.8 Å². The molecule has 0 aromatic carbocycles. The highest BCUT2D eigenvalue weighted by Crippen LogP contribution is 2.42. The van der Waals surface area contributed by atoms with E-state index < -0.39 is 26.5 Å². The van der Waals surface area contributed by atoms with Gasteiger partial charge in [0.25, 0.3) is 0 Å². The first-order chi connectivity index (χ1) is 27.3. The third-order valence-electron chi connectivity index (χ3n) is 8.56. The van der Waals surface area contributed by atoms with Gasteiger partial charge in [-0.05, 0) is 89.9 Å². The molecular formula is C46H78NO8P. The van der Waals surface area contributed by atoms with Crippen molar-refractivity contribution < 1.29 is 37.9 Å². The van der Waals surface area contributed by atoms with Gasteiger partial charge in [-0.3, -0.25) is 18.6 Å². The van der Waals surface area contributed by atoms with Gasteiger partial charge in [0.05, 0.1) is 13.2 Å². The van der Waals surface area contributed by atoms with Gasteiger partial charge in [-0.1, -0.05) is 144 Å². The van der Waals surface area contributed by atoms with Crippen molar-refractivity contribution in [2.45, 2.75) is 168 Å². The molecule has 2 unspecified atom stereocenters. The molecule has 0 heterocycles. The van der Waals surface area contributed by atoms with Gasteiger partial charge < -0.3 is 20.1 Å². The monoisotopic (exact) mass is 804 g/mol. The van der Waals surface area contributed by atoms with Crippen LogP contribution in [0.25, 0.3) is 0 Å². The summed E-state index contributed by atoms with van der Waals surface area (Å²) in [6.07, 6.45) is 52.2. The van der Waals surface area contributed by atoms with Gasteiger partial charge in [-0.15, -0.1) is 0 Å². The summed E-state index contributed by atoms with van der Waals surface area (Å²) in [5, 5.41) is 12.7. The SMILES string of the molecule is CC/C=C\C/C=C\C/C=C\C/C=C\C/C=C\CCCCCC(=O)OCC(O)COP(=O)(O)OCCNC(=O)CCCCCCC/C=C\C/C=C\CCCCCC. The minimum atomic E-state index is -4.43. The molecule has 0 saturated heterocycles. The highest BCUT2D eigenvalue weighted by atomic mass is 31.2. The average Bonchev–Trinajstić information content (AvgIpc) is 3.18. The van der Waals surface area contributed by atoms with Gasteiger partial charge in [0.15, 0.2) is 0 Å². The Hall–Kier alpha value is -2.81. The van der Waals surface area contributed by atoms with Crippen LogP contribution in [0.1, 0.15) is 162 Å². The number of hydrogen-bond donors (Lipinski definition) is 3. The third kappa shape index (κ3) is 42.3. The van der Waals surface area contributed by atoms with Gasteiger partial charge in [-0.2, -0.15) is 0 Å². The number of phosphoric acid groups is 1. The third-order valence-corrected chi connectivity index (χ3v) is 9.54. The highest BCUT2D eigenvalue weighted by Gasteiger charge is 2.23. The van der Waals surface area contributed by atoms with Crippen LogP contribution < -0.4 is 5.32 Å². The summed E-state index contributed by atoms with van der Waals surface area (Å²) in [5.41, 5.74) is 0. The van der Waals surface area contributed by atoms with Gasteiger partial charge in [-0.25, -0.2) is 4.57 Å². The van der Waals surface area contributed by atoms with Crippen molar-refractivity contribution in [3.63, 3.8) is 0 Å². The van der Waals surface area contributed by atoms with E-state index in [9.17, 15) is 24.2 Å². The van der Waals surface area contributed by atoms with Crippen molar-refractivity contribution in [3.05, 3.63) is 85.1 Å². The number of aliphatic hydroxyl groups excluding tert-OH is 1. The normalized spacial score (nSPS) is 14.1. The van der Waals surface area contributed by atoms with Gasteiger partial charge in [0, 0.05) is 19.4 Å². The molecule has 2 atom stereocenters. The van der Waals surface area contributed by atoms with E-state index in [-0.39, 0.29) is 32.1 Å². The first kappa shape index (κ1) is 53.2. The molecule has 0 radical (unpaired) electrons. The molecule has 0 aromatic heterocycles. The van der Waals surface area contributed by atoms with Gasteiger partial charge >= 0.3 is 13.8 Å². The number of aliphatic hydroxyl groups is 1. The standard InChI is InChI=1S/C46H78NO8P/c1-3-5-7-9-11-13-15-17-19-21-22-23-25-27-29-31-33-35-37-39-46(50)53-42-44(48)43-55-56(51,52)54-41-40-47-45(49)38-36-34-32-30-28-26-24-20-18-16-14-12-10-8-6-4-2/h5,7,11,13-14,16-17,19-20,22-24,27,29,44,48H,3-4,6,8-10,12,15,18,21,25-26,28,30-43H2,1-2H3,(H,47,49)(H,51,52)/b7-5-,13-11-,16-14-,19-17-,23-22-,24-20-,29-27-. The average molecular weight is 804 g/mol. The number of ether oxygens (including phenoxy) is 1. The summed E-state index contributed by atoms with van der Waals surface area (Å²) < 4.78 is 26.8. The number of hydrogen-bond acceptors (Lipinski definition) is 7. The number of esters is 1. The molecule has 320 valence electrons. The minimum Gasteiger partial charge on any atom is -0.463 e. The minimum absolute atomic E-state index is 0.0651. The number of phosphoric ester groups is 1. The van der Waals surface area contributed by atoms with E-state index in [2.05, 4.69) is 104 Å².